The number of benzene rings is 10. The van der Waals surface area contributed by atoms with Crippen molar-refractivity contribution in [1.82, 2.24) is 0 Å². The van der Waals surface area contributed by atoms with Gasteiger partial charge in [0.05, 0.1) is 16.5 Å². The van der Waals surface area contributed by atoms with E-state index in [9.17, 15) is 0 Å². The Balaban J connectivity index is 0.974. The average molecular weight is 894 g/mol. The molecule has 3 unspecified atom stereocenters. The lowest BCUT2D eigenvalue weighted by Crippen LogP contribution is -2.44. The van der Waals surface area contributed by atoms with Crippen molar-refractivity contribution in [2.24, 2.45) is 5.92 Å². The van der Waals surface area contributed by atoms with E-state index < -0.39 is 10.8 Å². The summed E-state index contributed by atoms with van der Waals surface area (Å²) in [6.45, 7) is 2.27. The van der Waals surface area contributed by atoms with Crippen molar-refractivity contribution in [2.45, 2.75) is 24.2 Å². The highest BCUT2D eigenvalue weighted by molar-refractivity contribution is 5.93. The van der Waals surface area contributed by atoms with Crippen LogP contribution in [0.15, 0.2) is 273 Å². The fraction of sp³-hybridized carbons (Fsp3) is 0.0725. The first-order chi connectivity index (χ1) is 34.6. The number of nitrogens with zero attached hydrogens (tertiary/aromatic N) is 1. The lowest BCUT2D eigenvalue weighted by Gasteiger charge is -2.49. The molecule has 0 saturated carbocycles. The molecule has 0 fully saturated rings. The van der Waals surface area contributed by atoms with Gasteiger partial charge in [-0.2, -0.15) is 0 Å². The van der Waals surface area contributed by atoms with Crippen LogP contribution in [0, 0.1) is 5.92 Å². The topological polar surface area (TPSA) is 3.24 Å². The van der Waals surface area contributed by atoms with Gasteiger partial charge in [0.15, 0.2) is 0 Å². The Bertz CT molecular complexity index is 3620. The molecule has 3 aliphatic rings. The molecule has 3 atom stereocenters. The maximum atomic E-state index is 2.46. The second-order valence-corrected chi connectivity index (χ2v) is 19.2. The van der Waals surface area contributed by atoms with Crippen LogP contribution < -0.4 is 4.90 Å². The first-order valence-corrected chi connectivity index (χ1v) is 24.7. The molecule has 0 saturated heterocycles. The van der Waals surface area contributed by atoms with Gasteiger partial charge in [-0.05, 0) is 132 Å². The largest absolute Gasteiger partial charge is 0.310 e. The minimum absolute atomic E-state index is 0.486. The van der Waals surface area contributed by atoms with E-state index in [1.54, 1.807) is 0 Å². The summed E-state index contributed by atoms with van der Waals surface area (Å²) in [6.07, 6.45) is 8.03. The number of hydrogen-bond donors (Lipinski definition) is 0. The molecule has 10 aromatic carbocycles. The van der Waals surface area contributed by atoms with Gasteiger partial charge in [-0.15, -0.1) is 0 Å². The van der Waals surface area contributed by atoms with Crippen LogP contribution in [-0.4, -0.2) is 0 Å². The molecule has 1 heteroatoms. The monoisotopic (exact) mass is 893 g/mol. The van der Waals surface area contributed by atoms with Crippen molar-refractivity contribution >= 4 is 22.6 Å². The van der Waals surface area contributed by atoms with Gasteiger partial charge in [-0.1, -0.05) is 244 Å². The van der Waals surface area contributed by atoms with Crippen LogP contribution in [0.5, 0.6) is 0 Å². The van der Waals surface area contributed by atoms with Crippen molar-refractivity contribution in [3.63, 3.8) is 0 Å². The summed E-state index contributed by atoms with van der Waals surface area (Å²) in [5.41, 5.74) is 22.6. The minimum atomic E-state index is -0.620. The Hall–Kier alpha value is -8.52. The van der Waals surface area contributed by atoms with Gasteiger partial charge in [0, 0.05) is 16.9 Å². The summed E-state index contributed by atoms with van der Waals surface area (Å²) in [5.74, 6) is 0.575. The summed E-state index contributed by atoms with van der Waals surface area (Å²) >= 11 is 0. The van der Waals surface area contributed by atoms with Gasteiger partial charge in [-0.3, -0.25) is 0 Å². The van der Waals surface area contributed by atoms with Crippen LogP contribution >= 0.6 is 0 Å². The third-order valence-electron chi connectivity index (χ3n) is 15.4. The second kappa shape index (κ2) is 16.9. The molecule has 0 heterocycles. The Kier molecular flexibility index (Phi) is 10.1. The maximum absolute atomic E-state index is 2.46. The molecule has 13 rings (SSSR count). The summed E-state index contributed by atoms with van der Waals surface area (Å²) in [6, 6.07) is 95.1. The highest BCUT2D eigenvalue weighted by Crippen LogP contribution is 2.65. The molecule has 0 bridgehead atoms. The van der Waals surface area contributed by atoms with Crippen molar-refractivity contribution in [3.05, 3.63) is 323 Å². The molecule has 0 aromatic heterocycles. The van der Waals surface area contributed by atoms with Crippen molar-refractivity contribution in [3.8, 4) is 33.4 Å². The average Bonchev–Trinajstić information content (AvgIpc) is 3.75. The van der Waals surface area contributed by atoms with Crippen molar-refractivity contribution in [1.29, 1.82) is 0 Å². The SMILES string of the molecule is CC1C=CC(c2ccc(N(c3ccc(-c4cccc(C5(c6ccccc6)c6ccccc6C6(c7ccccc7)c7ccccc7-c7cccc5c76)c4)cc3)c3ccccc3-c3ccccc3)cc2)=CC1. The Morgan fingerprint density at radius 3 is 1.54 bits per heavy atom. The van der Waals surface area contributed by atoms with E-state index in [4.69, 9.17) is 0 Å². The van der Waals surface area contributed by atoms with Gasteiger partial charge in [-0.25, -0.2) is 0 Å². The molecular weight excluding hydrogens is 843 g/mol. The van der Waals surface area contributed by atoms with E-state index in [1.807, 2.05) is 0 Å². The predicted molar refractivity (Wildman–Crippen MR) is 292 cm³/mol. The predicted octanol–water partition coefficient (Wildman–Crippen LogP) is 17.5. The third kappa shape index (κ3) is 6.39. The zero-order chi connectivity index (χ0) is 46.7. The highest BCUT2D eigenvalue weighted by atomic mass is 15.1. The Labute approximate surface area is 412 Å². The maximum Gasteiger partial charge on any atom is 0.0720 e. The summed E-state index contributed by atoms with van der Waals surface area (Å²) in [5, 5.41) is 0. The van der Waals surface area contributed by atoms with Gasteiger partial charge in [0.25, 0.3) is 0 Å². The summed E-state index contributed by atoms with van der Waals surface area (Å²) < 4.78 is 0. The Morgan fingerprint density at radius 1 is 0.371 bits per heavy atom. The quantitative estimate of drug-likeness (QED) is 0.140. The van der Waals surface area contributed by atoms with E-state index >= 15 is 0 Å². The standard InChI is InChI=1S/C69H51N/c1-48-35-37-49(38-36-48)50-39-43-57(44-40-50)70(66-34-16-12-27-59(66)52-19-5-2-6-20-52)58-45-41-51(42-46-58)53-21-17-26-56(47-53)68(54-22-7-3-8-23-54)63-31-14-15-32-64(63)69(55-24-9-4-10-25-55)62-30-13-11-28-60(62)61-29-18-33-65(68)67(61)69/h2-35,37-48H,36H2,1H3. The van der Waals surface area contributed by atoms with Crippen LogP contribution in [0.2, 0.25) is 0 Å². The highest BCUT2D eigenvalue weighted by Gasteiger charge is 2.57. The lowest BCUT2D eigenvalue weighted by atomic mass is 9.51. The van der Waals surface area contributed by atoms with Crippen LogP contribution in [0.25, 0.3) is 39.0 Å². The molecule has 10 aromatic rings. The van der Waals surface area contributed by atoms with E-state index in [0.29, 0.717) is 5.92 Å². The van der Waals surface area contributed by atoms with Crippen molar-refractivity contribution in [2.75, 3.05) is 4.90 Å². The van der Waals surface area contributed by atoms with Crippen molar-refractivity contribution < 1.29 is 0 Å². The van der Waals surface area contributed by atoms with Gasteiger partial charge in [0.1, 0.15) is 0 Å². The van der Waals surface area contributed by atoms with E-state index in [1.165, 1.54) is 89.0 Å². The summed E-state index contributed by atoms with van der Waals surface area (Å²) in [4.78, 5) is 2.41. The number of para-hydroxylation sites is 1. The zero-order valence-corrected chi connectivity index (χ0v) is 39.2. The first kappa shape index (κ1) is 41.7. The van der Waals surface area contributed by atoms with E-state index in [-0.39, 0.29) is 0 Å². The van der Waals surface area contributed by atoms with Gasteiger partial charge >= 0.3 is 0 Å². The molecule has 332 valence electrons. The Morgan fingerprint density at radius 2 is 0.871 bits per heavy atom. The smallest absolute Gasteiger partial charge is 0.0720 e. The van der Waals surface area contributed by atoms with Crippen LogP contribution in [0.1, 0.15) is 63.4 Å². The first-order valence-electron chi connectivity index (χ1n) is 24.7. The number of hydrogen-bond acceptors (Lipinski definition) is 1. The zero-order valence-electron chi connectivity index (χ0n) is 39.2. The number of fused-ring (bicyclic) bond motifs is 5. The second-order valence-electron chi connectivity index (χ2n) is 19.2. The third-order valence-corrected chi connectivity index (χ3v) is 15.4. The molecule has 0 amide bonds. The number of allylic oxidation sites excluding steroid dienone is 4. The molecule has 0 N–H and O–H groups in total. The van der Waals surface area contributed by atoms with Gasteiger partial charge in [0.2, 0.25) is 0 Å². The van der Waals surface area contributed by atoms with Crippen LogP contribution in [0.4, 0.5) is 17.1 Å². The molecule has 0 radical (unpaired) electrons. The molecule has 70 heavy (non-hydrogen) atoms. The van der Waals surface area contributed by atoms with E-state index in [2.05, 4.69) is 285 Å². The molecular formula is C69H51N. The van der Waals surface area contributed by atoms with Crippen LogP contribution in [0.3, 0.4) is 0 Å². The van der Waals surface area contributed by atoms with Crippen LogP contribution in [-0.2, 0) is 10.8 Å². The molecule has 0 spiro atoms. The molecule has 1 nitrogen and oxygen atoms in total. The number of rotatable bonds is 9. The lowest BCUT2D eigenvalue weighted by molar-refractivity contribution is 0.627. The fourth-order valence-electron chi connectivity index (χ4n) is 12.3. The van der Waals surface area contributed by atoms with Gasteiger partial charge < -0.3 is 4.90 Å². The minimum Gasteiger partial charge on any atom is -0.310 e. The molecule has 3 aliphatic carbocycles. The molecule has 0 aliphatic heterocycles. The van der Waals surface area contributed by atoms with E-state index in [0.717, 1.165) is 23.5 Å². The number of anilines is 3. The normalized spacial score (nSPS) is 18.3. The fourth-order valence-corrected chi connectivity index (χ4v) is 12.3. The summed E-state index contributed by atoms with van der Waals surface area (Å²) in [7, 11) is 0.